The molecule has 0 aromatic heterocycles. The number of nitrogens with two attached hydrogens (primary N) is 1. The van der Waals surface area contributed by atoms with Crippen molar-refractivity contribution in [2.75, 3.05) is 20.2 Å². The lowest BCUT2D eigenvalue weighted by Gasteiger charge is -2.33. The number of nitrogens with one attached hydrogen (secondary N) is 1. The van der Waals surface area contributed by atoms with Gasteiger partial charge in [-0.15, -0.1) is 0 Å². The van der Waals surface area contributed by atoms with Crippen molar-refractivity contribution in [3.05, 3.63) is 0 Å². The summed E-state index contributed by atoms with van der Waals surface area (Å²) in [6.07, 6.45) is 2.32. The summed E-state index contributed by atoms with van der Waals surface area (Å²) < 4.78 is 4.73. The van der Waals surface area contributed by atoms with E-state index in [1.807, 2.05) is 13.8 Å². The molecular formula is C14H25N3O4. The van der Waals surface area contributed by atoms with Gasteiger partial charge in [-0.1, -0.05) is 13.8 Å². The van der Waals surface area contributed by atoms with Crippen LogP contribution < -0.4 is 11.1 Å². The molecule has 3 N–H and O–H groups in total. The molecule has 7 heteroatoms. The molecule has 1 rings (SSSR count). The number of methoxy groups -OCH3 is 1. The number of hydrogen-bond donors (Lipinski definition) is 2. The minimum atomic E-state index is -0.643. The largest absolute Gasteiger partial charge is 0.467 e. The molecule has 0 spiro atoms. The number of rotatable bonds is 5. The van der Waals surface area contributed by atoms with Gasteiger partial charge in [0.2, 0.25) is 11.8 Å². The normalized spacial score (nSPS) is 20.0. The van der Waals surface area contributed by atoms with Crippen LogP contribution in [0.15, 0.2) is 0 Å². The zero-order valence-corrected chi connectivity index (χ0v) is 12.9. The number of hydrogen-bond acceptors (Lipinski definition) is 5. The van der Waals surface area contributed by atoms with Crippen LogP contribution in [0, 0.1) is 5.92 Å². The highest BCUT2D eigenvalue weighted by atomic mass is 16.5. The van der Waals surface area contributed by atoms with E-state index in [1.165, 1.54) is 12.0 Å². The predicted octanol–water partition coefficient (Wildman–Crippen LogP) is -0.360. The second kappa shape index (κ2) is 7.97. The first-order valence-electron chi connectivity index (χ1n) is 7.29. The fraction of sp³-hybridized carbons (Fsp3) is 0.786. The van der Waals surface area contributed by atoms with E-state index >= 15 is 0 Å². The predicted molar refractivity (Wildman–Crippen MR) is 77.2 cm³/mol. The van der Waals surface area contributed by atoms with Gasteiger partial charge in [0, 0.05) is 6.54 Å². The van der Waals surface area contributed by atoms with E-state index in [1.54, 1.807) is 0 Å². The zero-order chi connectivity index (χ0) is 16.0. The maximum atomic E-state index is 12.2. The third-order valence-electron chi connectivity index (χ3n) is 3.73. The van der Waals surface area contributed by atoms with Gasteiger partial charge >= 0.3 is 5.97 Å². The fourth-order valence-corrected chi connectivity index (χ4v) is 2.30. The van der Waals surface area contributed by atoms with Crippen molar-refractivity contribution in [3.8, 4) is 0 Å². The van der Waals surface area contributed by atoms with Crippen molar-refractivity contribution < 1.29 is 19.1 Å². The number of likely N-dealkylation sites (tertiary alicyclic amines) is 1. The first kappa shape index (κ1) is 17.4. The quantitative estimate of drug-likeness (QED) is 0.675. The minimum absolute atomic E-state index is 0.00194. The first-order valence-corrected chi connectivity index (χ1v) is 7.29. The first-order chi connectivity index (χ1) is 9.88. The molecule has 0 aliphatic carbocycles. The summed E-state index contributed by atoms with van der Waals surface area (Å²) in [6, 6.07) is -1.19. The minimum Gasteiger partial charge on any atom is -0.467 e. The van der Waals surface area contributed by atoms with E-state index in [0.717, 1.165) is 12.8 Å². The number of piperidine rings is 1. The van der Waals surface area contributed by atoms with E-state index in [-0.39, 0.29) is 24.3 Å². The number of ether oxygens (including phenoxy) is 1. The molecule has 0 aromatic carbocycles. The summed E-state index contributed by atoms with van der Waals surface area (Å²) in [6.45, 7) is 4.03. The van der Waals surface area contributed by atoms with Crippen LogP contribution in [0.2, 0.25) is 0 Å². The number of carbonyl (C=O) groups is 3. The highest BCUT2D eigenvalue weighted by molar-refractivity contribution is 5.90. The number of amides is 2. The molecular weight excluding hydrogens is 274 g/mol. The van der Waals surface area contributed by atoms with Crippen molar-refractivity contribution in [1.82, 2.24) is 10.2 Å². The number of carbonyl (C=O) groups excluding carboxylic acids is 3. The van der Waals surface area contributed by atoms with Crippen LogP contribution in [0.4, 0.5) is 0 Å². The maximum absolute atomic E-state index is 12.2. The van der Waals surface area contributed by atoms with Crippen molar-refractivity contribution >= 4 is 17.8 Å². The molecule has 0 bridgehead atoms. The van der Waals surface area contributed by atoms with Crippen LogP contribution >= 0.6 is 0 Å². The molecule has 1 aliphatic rings. The Morgan fingerprint density at radius 1 is 1.33 bits per heavy atom. The van der Waals surface area contributed by atoms with Gasteiger partial charge in [-0.3, -0.25) is 9.59 Å². The Hall–Kier alpha value is -1.63. The maximum Gasteiger partial charge on any atom is 0.328 e. The van der Waals surface area contributed by atoms with Crippen LogP contribution in [0.1, 0.15) is 33.1 Å². The standard InChI is InChI=1S/C14H25N3O4/c1-9(2)12(15)13(19)16-8-11(18)17-7-5-4-6-10(17)14(20)21-3/h9-10,12H,4-8,15H2,1-3H3,(H,16,19)/t10?,12-/m0/s1. The molecule has 120 valence electrons. The van der Waals surface area contributed by atoms with Gasteiger partial charge < -0.3 is 20.7 Å². The van der Waals surface area contributed by atoms with Crippen LogP contribution in [-0.2, 0) is 19.1 Å². The SMILES string of the molecule is COC(=O)C1CCCCN1C(=O)CNC(=O)[C@@H](N)C(C)C. The molecule has 1 heterocycles. The topological polar surface area (TPSA) is 102 Å². The van der Waals surface area contributed by atoms with Gasteiger partial charge in [0.15, 0.2) is 0 Å². The molecule has 0 radical (unpaired) electrons. The molecule has 0 saturated carbocycles. The summed E-state index contributed by atoms with van der Waals surface area (Å²) in [5.41, 5.74) is 5.71. The highest BCUT2D eigenvalue weighted by Crippen LogP contribution is 2.18. The summed E-state index contributed by atoms with van der Waals surface area (Å²) in [5, 5.41) is 2.53. The molecule has 1 fully saturated rings. The van der Waals surface area contributed by atoms with Gasteiger partial charge in [-0.25, -0.2) is 4.79 Å². The second-order valence-electron chi connectivity index (χ2n) is 5.61. The van der Waals surface area contributed by atoms with Gasteiger partial charge in [0.1, 0.15) is 6.04 Å². The Morgan fingerprint density at radius 3 is 2.57 bits per heavy atom. The molecule has 21 heavy (non-hydrogen) atoms. The number of nitrogens with zero attached hydrogens (tertiary/aromatic N) is 1. The van der Waals surface area contributed by atoms with Gasteiger partial charge in [0.25, 0.3) is 0 Å². The molecule has 2 atom stereocenters. The van der Waals surface area contributed by atoms with Crippen LogP contribution in [0.3, 0.4) is 0 Å². The number of esters is 1. The Morgan fingerprint density at radius 2 is 2.00 bits per heavy atom. The Kier molecular flexibility index (Phi) is 6.61. The molecule has 2 amide bonds. The average molecular weight is 299 g/mol. The smallest absolute Gasteiger partial charge is 0.328 e. The van der Waals surface area contributed by atoms with Gasteiger partial charge in [-0.05, 0) is 25.2 Å². The Balaban J connectivity index is 2.56. The third-order valence-corrected chi connectivity index (χ3v) is 3.73. The third kappa shape index (κ3) is 4.70. The zero-order valence-electron chi connectivity index (χ0n) is 12.9. The lowest BCUT2D eigenvalue weighted by Crippen LogP contribution is -2.53. The van der Waals surface area contributed by atoms with Crippen LogP contribution in [0.5, 0.6) is 0 Å². The van der Waals surface area contributed by atoms with Gasteiger partial charge in [-0.2, -0.15) is 0 Å². The van der Waals surface area contributed by atoms with E-state index in [9.17, 15) is 14.4 Å². The van der Waals surface area contributed by atoms with Crippen molar-refractivity contribution in [1.29, 1.82) is 0 Å². The Labute approximate surface area is 125 Å². The molecule has 7 nitrogen and oxygen atoms in total. The lowest BCUT2D eigenvalue weighted by atomic mass is 10.0. The van der Waals surface area contributed by atoms with E-state index < -0.39 is 18.1 Å². The summed E-state index contributed by atoms with van der Waals surface area (Å²) in [7, 11) is 1.31. The van der Waals surface area contributed by atoms with E-state index in [4.69, 9.17) is 10.5 Å². The molecule has 1 saturated heterocycles. The second-order valence-corrected chi connectivity index (χ2v) is 5.61. The summed E-state index contributed by atoms with van der Waals surface area (Å²) in [4.78, 5) is 37.1. The molecule has 1 unspecified atom stereocenters. The van der Waals surface area contributed by atoms with Crippen LogP contribution in [0.25, 0.3) is 0 Å². The average Bonchev–Trinajstić information content (AvgIpc) is 2.50. The van der Waals surface area contributed by atoms with Crippen molar-refractivity contribution in [2.24, 2.45) is 11.7 Å². The highest BCUT2D eigenvalue weighted by Gasteiger charge is 2.32. The Bertz CT molecular complexity index is 398. The van der Waals surface area contributed by atoms with E-state index in [2.05, 4.69) is 5.32 Å². The van der Waals surface area contributed by atoms with E-state index in [0.29, 0.717) is 13.0 Å². The fourth-order valence-electron chi connectivity index (χ4n) is 2.30. The lowest BCUT2D eigenvalue weighted by molar-refractivity contribution is -0.154. The molecule has 1 aliphatic heterocycles. The van der Waals surface area contributed by atoms with Crippen LogP contribution in [-0.4, -0.2) is 55.0 Å². The van der Waals surface area contributed by atoms with Crippen molar-refractivity contribution in [3.63, 3.8) is 0 Å². The van der Waals surface area contributed by atoms with Gasteiger partial charge in [0.05, 0.1) is 19.7 Å². The summed E-state index contributed by atoms with van der Waals surface area (Å²) >= 11 is 0. The molecule has 0 aromatic rings. The van der Waals surface area contributed by atoms with Crippen molar-refractivity contribution in [2.45, 2.75) is 45.2 Å². The monoisotopic (exact) mass is 299 g/mol. The summed E-state index contributed by atoms with van der Waals surface area (Å²) in [5.74, 6) is -1.05.